The number of hydrogen-bond acceptors (Lipinski definition) is 5. The Balaban J connectivity index is 1.29. The van der Waals surface area contributed by atoms with Gasteiger partial charge in [-0.1, -0.05) is 71.9 Å². The molecule has 0 saturated heterocycles. The van der Waals surface area contributed by atoms with Gasteiger partial charge in [0.15, 0.2) is 6.61 Å². The second-order valence-corrected chi connectivity index (χ2v) is 9.08. The summed E-state index contributed by atoms with van der Waals surface area (Å²) < 4.78 is 5.40. The lowest BCUT2D eigenvalue weighted by Crippen LogP contribution is -2.27. The van der Waals surface area contributed by atoms with Crippen LogP contribution in [0.25, 0.3) is 11.1 Å². The monoisotopic (exact) mass is 486 g/mol. The number of carboxylic acid groups (broad SMARTS) is 1. The lowest BCUT2D eigenvalue weighted by Gasteiger charge is -2.14. The fourth-order valence-corrected chi connectivity index (χ4v) is 4.11. The van der Waals surface area contributed by atoms with E-state index in [2.05, 4.69) is 22.6 Å². The van der Waals surface area contributed by atoms with E-state index in [9.17, 15) is 14.7 Å². The molecule has 0 aromatic heterocycles. The predicted octanol–water partition coefficient (Wildman–Crippen LogP) is 4.83. The Bertz CT molecular complexity index is 1250. The van der Waals surface area contributed by atoms with Gasteiger partial charge in [-0.15, -0.1) is 0 Å². The van der Waals surface area contributed by atoms with Gasteiger partial charge in [0.25, 0.3) is 5.91 Å². The van der Waals surface area contributed by atoms with E-state index in [-0.39, 0.29) is 19.1 Å². The lowest BCUT2D eigenvalue weighted by molar-refractivity contribution is -0.143. The first-order valence-corrected chi connectivity index (χ1v) is 11.9. The summed E-state index contributed by atoms with van der Waals surface area (Å²) in [6, 6.07) is 23.7. The van der Waals surface area contributed by atoms with E-state index in [0.29, 0.717) is 30.7 Å². The smallest absolute Gasteiger partial charge is 0.309 e. The third-order valence-electron chi connectivity index (χ3n) is 6.48. The summed E-state index contributed by atoms with van der Waals surface area (Å²) in [7, 11) is 1.56. The summed E-state index contributed by atoms with van der Waals surface area (Å²) in [5.74, 6) is -0.441. The summed E-state index contributed by atoms with van der Waals surface area (Å²) in [5, 5.41) is 16.3. The Kier molecular flexibility index (Phi) is 7.68. The Hall–Kier alpha value is -4.13. The average Bonchev–Trinajstić information content (AvgIpc) is 3.69. The van der Waals surface area contributed by atoms with Crippen molar-refractivity contribution >= 4 is 17.6 Å². The maximum Gasteiger partial charge on any atom is 0.309 e. The zero-order chi connectivity index (χ0) is 25.5. The topological polar surface area (TPSA) is 97.2 Å². The molecule has 36 heavy (non-hydrogen) atoms. The molecule has 0 radical (unpaired) electrons. The Labute approximate surface area is 210 Å². The van der Waals surface area contributed by atoms with Crippen molar-refractivity contribution in [1.82, 2.24) is 5.32 Å². The SMILES string of the molecule is COc1ccc(CC2(C(=O)O)CC2)cc1CNC(=O)CO/N=C(\C)c1ccc(-c2ccccc2)cc1. The Morgan fingerprint density at radius 2 is 1.69 bits per heavy atom. The number of hydrogen-bond donors (Lipinski definition) is 2. The number of ether oxygens (including phenoxy) is 1. The molecule has 3 aromatic carbocycles. The molecule has 1 saturated carbocycles. The van der Waals surface area contributed by atoms with Gasteiger partial charge >= 0.3 is 5.97 Å². The van der Waals surface area contributed by atoms with Gasteiger partial charge in [0, 0.05) is 12.1 Å². The molecular formula is C29H30N2O5. The zero-order valence-electron chi connectivity index (χ0n) is 20.5. The van der Waals surface area contributed by atoms with E-state index in [4.69, 9.17) is 9.57 Å². The number of carboxylic acids is 1. The van der Waals surface area contributed by atoms with Gasteiger partial charge in [-0.25, -0.2) is 0 Å². The van der Waals surface area contributed by atoms with Gasteiger partial charge < -0.3 is 20.0 Å². The number of nitrogens with one attached hydrogen (secondary N) is 1. The van der Waals surface area contributed by atoms with Crippen molar-refractivity contribution in [3.05, 3.63) is 89.5 Å². The van der Waals surface area contributed by atoms with E-state index in [1.807, 2.05) is 67.6 Å². The van der Waals surface area contributed by atoms with E-state index in [1.165, 1.54) is 0 Å². The molecule has 7 heteroatoms. The van der Waals surface area contributed by atoms with E-state index >= 15 is 0 Å². The lowest BCUT2D eigenvalue weighted by atomic mass is 9.95. The van der Waals surface area contributed by atoms with Crippen LogP contribution in [0.3, 0.4) is 0 Å². The first-order valence-electron chi connectivity index (χ1n) is 11.9. The van der Waals surface area contributed by atoms with Crippen molar-refractivity contribution in [2.24, 2.45) is 10.6 Å². The Morgan fingerprint density at radius 3 is 2.33 bits per heavy atom. The van der Waals surface area contributed by atoms with E-state index < -0.39 is 11.4 Å². The molecule has 186 valence electrons. The third kappa shape index (κ3) is 6.10. The number of carbonyl (C=O) groups excluding carboxylic acids is 1. The zero-order valence-corrected chi connectivity index (χ0v) is 20.5. The molecule has 1 aliphatic rings. The molecule has 0 heterocycles. The van der Waals surface area contributed by atoms with Crippen LogP contribution in [0.1, 0.15) is 36.5 Å². The number of nitrogens with zero attached hydrogens (tertiary/aromatic N) is 1. The van der Waals surface area contributed by atoms with Crippen LogP contribution < -0.4 is 10.1 Å². The summed E-state index contributed by atoms with van der Waals surface area (Å²) in [6.45, 7) is 1.85. The maximum atomic E-state index is 12.3. The normalized spacial score (nSPS) is 14.1. The third-order valence-corrected chi connectivity index (χ3v) is 6.48. The molecule has 4 rings (SSSR count). The molecule has 3 aromatic rings. The number of rotatable bonds is 11. The van der Waals surface area contributed by atoms with Crippen molar-refractivity contribution in [3.63, 3.8) is 0 Å². The summed E-state index contributed by atoms with van der Waals surface area (Å²) in [6.07, 6.45) is 1.85. The molecule has 1 amide bonds. The molecule has 0 spiro atoms. The molecule has 0 unspecified atom stereocenters. The van der Waals surface area contributed by atoms with Crippen LogP contribution >= 0.6 is 0 Å². The van der Waals surface area contributed by atoms with Crippen LogP contribution in [0.2, 0.25) is 0 Å². The Morgan fingerprint density at radius 1 is 1.00 bits per heavy atom. The molecule has 0 aliphatic heterocycles. The number of amides is 1. The van der Waals surface area contributed by atoms with Crippen molar-refractivity contribution in [3.8, 4) is 16.9 Å². The number of aliphatic carboxylic acids is 1. The summed E-state index contributed by atoms with van der Waals surface area (Å²) in [4.78, 5) is 29.1. The fourth-order valence-electron chi connectivity index (χ4n) is 4.11. The second kappa shape index (κ2) is 11.1. The van der Waals surface area contributed by atoms with Crippen LogP contribution in [-0.2, 0) is 27.4 Å². The van der Waals surface area contributed by atoms with Gasteiger partial charge in [-0.2, -0.15) is 0 Å². The predicted molar refractivity (Wildman–Crippen MR) is 138 cm³/mol. The van der Waals surface area contributed by atoms with Crippen LogP contribution in [0.4, 0.5) is 0 Å². The van der Waals surface area contributed by atoms with Crippen molar-refractivity contribution in [2.45, 2.75) is 32.7 Å². The molecule has 7 nitrogen and oxygen atoms in total. The minimum absolute atomic E-state index is 0.219. The highest BCUT2D eigenvalue weighted by molar-refractivity contribution is 5.98. The first-order chi connectivity index (χ1) is 17.4. The molecule has 1 aliphatic carbocycles. The van der Waals surface area contributed by atoms with E-state index in [0.717, 1.165) is 27.8 Å². The summed E-state index contributed by atoms with van der Waals surface area (Å²) >= 11 is 0. The van der Waals surface area contributed by atoms with Crippen LogP contribution in [0.15, 0.2) is 78.0 Å². The van der Waals surface area contributed by atoms with Crippen LogP contribution in [0.5, 0.6) is 5.75 Å². The molecule has 1 fully saturated rings. The van der Waals surface area contributed by atoms with Gasteiger partial charge in [-0.3, -0.25) is 9.59 Å². The standard InChI is InChI=1S/C29H30N2O5/c1-20(22-9-11-24(12-10-22)23-6-4-3-5-7-23)31-36-19-27(32)30-18-25-16-21(8-13-26(25)35-2)17-29(14-15-29)28(33)34/h3-13,16H,14-15,17-19H2,1-2H3,(H,30,32)(H,33,34)/b31-20+. The van der Waals surface area contributed by atoms with E-state index in [1.54, 1.807) is 7.11 Å². The number of carbonyl (C=O) groups is 2. The van der Waals surface area contributed by atoms with Crippen molar-refractivity contribution < 1.29 is 24.3 Å². The fraction of sp³-hybridized carbons (Fsp3) is 0.276. The van der Waals surface area contributed by atoms with Crippen molar-refractivity contribution in [2.75, 3.05) is 13.7 Å². The van der Waals surface area contributed by atoms with Gasteiger partial charge in [0.1, 0.15) is 5.75 Å². The number of benzene rings is 3. The maximum absolute atomic E-state index is 12.3. The molecule has 0 atom stereocenters. The van der Waals surface area contributed by atoms with Crippen LogP contribution in [-0.4, -0.2) is 36.4 Å². The minimum Gasteiger partial charge on any atom is -0.496 e. The first kappa shape index (κ1) is 25.0. The van der Waals surface area contributed by atoms with Crippen molar-refractivity contribution in [1.29, 1.82) is 0 Å². The highest BCUT2D eigenvalue weighted by atomic mass is 16.6. The average molecular weight is 487 g/mol. The molecule has 2 N–H and O–H groups in total. The highest BCUT2D eigenvalue weighted by Gasteiger charge is 2.49. The number of methoxy groups -OCH3 is 1. The largest absolute Gasteiger partial charge is 0.496 e. The summed E-state index contributed by atoms with van der Waals surface area (Å²) in [5.41, 5.74) is 4.87. The minimum atomic E-state index is -0.756. The quantitative estimate of drug-likeness (QED) is 0.299. The molecular weight excluding hydrogens is 456 g/mol. The van der Waals surface area contributed by atoms with Gasteiger partial charge in [-0.05, 0) is 54.5 Å². The van der Waals surface area contributed by atoms with Crippen LogP contribution in [0, 0.1) is 5.41 Å². The van der Waals surface area contributed by atoms with Gasteiger partial charge in [0.2, 0.25) is 0 Å². The number of oxime groups is 1. The van der Waals surface area contributed by atoms with Gasteiger partial charge in [0.05, 0.1) is 18.2 Å². The highest BCUT2D eigenvalue weighted by Crippen LogP contribution is 2.48. The second-order valence-electron chi connectivity index (χ2n) is 9.08. The molecule has 0 bridgehead atoms.